The quantitative estimate of drug-likeness (QED) is 0.156. The smallest absolute Gasteiger partial charge is 0.149 e. The van der Waals surface area contributed by atoms with E-state index in [1.165, 1.54) is 22.8 Å². The van der Waals surface area contributed by atoms with Gasteiger partial charge in [0.1, 0.15) is 12.0 Å². The number of nitrogens with zero attached hydrogens (tertiary/aromatic N) is 1. The van der Waals surface area contributed by atoms with Crippen LogP contribution in [0.5, 0.6) is 5.75 Å². The number of aliphatic hydroxyl groups is 1. The van der Waals surface area contributed by atoms with Gasteiger partial charge in [0.15, 0.2) is 0 Å². The Hall–Kier alpha value is -2.69. The molecule has 1 aliphatic heterocycles. The molecule has 0 spiro atoms. The highest BCUT2D eigenvalue weighted by Crippen LogP contribution is 2.30. The zero-order chi connectivity index (χ0) is 32.7. The van der Waals surface area contributed by atoms with Crippen molar-refractivity contribution in [1.82, 2.24) is 4.90 Å². The van der Waals surface area contributed by atoms with Gasteiger partial charge in [0.05, 0.1) is 12.7 Å². The molecule has 0 saturated carbocycles. The van der Waals surface area contributed by atoms with Crippen molar-refractivity contribution in [2.75, 3.05) is 27.2 Å². The number of allylic oxidation sites excluding steroid dienone is 5. The normalized spacial score (nSPS) is 13.1. The fourth-order valence-corrected chi connectivity index (χ4v) is 2.43. The molecule has 4 heteroatoms. The Balaban J connectivity index is -0.000000148. The van der Waals surface area contributed by atoms with Crippen LogP contribution in [0.4, 0.5) is 0 Å². The van der Waals surface area contributed by atoms with Gasteiger partial charge < -0.3 is 14.7 Å². The lowest BCUT2D eigenvalue weighted by atomic mass is 9.96. The van der Waals surface area contributed by atoms with E-state index in [1.54, 1.807) is 13.0 Å². The lowest BCUT2D eigenvalue weighted by Gasteiger charge is -2.24. The van der Waals surface area contributed by atoms with Gasteiger partial charge in [0.2, 0.25) is 0 Å². The van der Waals surface area contributed by atoms with Crippen LogP contribution >= 0.6 is 0 Å². The molecule has 4 nitrogen and oxygen atoms in total. The van der Waals surface area contributed by atoms with Crippen molar-refractivity contribution in [2.24, 2.45) is 5.92 Å². The number of hydrogen-bond donors (Lipinski definition) is 1. The van der Waals surface area contributed by atoms with Crippen molar-refractivity contribution in [3.63, 3.8) is 0 Å². The molecule has 0 radical (unpaired) electrons. The van der Waals surface area contributed by atoms with Crippen molar-refractivity contribution >= 4 is 6.29 Å². The van der Waals surface area contributed by atoms with Crippen LogP contribution in [-0.4, -0.2) is 43.5 Å². The van der Waals surface area contributed by atoms with E-state index in [0.717, 1.165) is 43.5 Å². The molecule has 2 unspecified atom stereocenters. The zero-order valence-corrected chi connectivity index (χ0v) is 28.4. The number of carbonyl (C=O) groups is 1. The summed E-state index contributed by atoms with van der Waals surface area (Å²) in [7, 11) is 3.92. The molecule has 2 atom stereocenters. The van der Waals surface area contributed by atoms with Gasteiger partial charge in [-0.1, -0.05) is 90.5 Å². The van der Waals surface area contributed by atoms with Gasteiger partial charge in [0, 0.05) is 12.1 Å². The van der Waals surface area contributed by atoms with Crippen LogP contribution in [0.15, 0.2) is 80.0 Å². The van der Waals surface area contributed by atoms with Crippen LogP contribution < -0.4 is 4.74 Å². The fraction of sp³-hybridized carbons (Fsp3) is 0.528. The Labute approximate surface area is 250 Å². The summed E-state index contributed by atoms with van der Waals surface area (Å²) in [5.74, 6) is 1.53. The van der Waals surface area contributed by atoms with Gasteiger partial charge in [0.25, 0.3) is 0 Å². The number of likely N-dealkylation sites (N-methyl/N-ethyl adjacent to an activating group) is 1. The highest BCUT2D eigenvalue weighted by atomic mass is 16.5. The average molecular weight is 560 g/mol. The van der Waals surface area contributed by atoms with Crippen LogP contribution in [0.3, 0.4) is 0 Å². The minimum atomic E-state index is -0.446. The Bertz CT molecular complexity index is 769. The third-order valence-electron chi connectivity index (χ3n) is 5.02. The van der Waals surface area contributed by atoms with Crippen LogP contribution in [0.2, 0.25) is 0 Å². The summed E-state index contributed by atoms with van der Waals surface area (Å²) >= 11 is 0. The van der Waals surface area contributed by atoms with E-state index in [9.17, 15) is 9.90 Å². The van der Waals surface area contributed by atoms with Crippen molar-refractivity contribution < 1.29 is 14.6 Å². The van der Waals surface area contributed by atoms with E-state index in [2.05, 4.69) is 59.7 Å². The van der Waals surface area contributed by atoms with E-state index in [1.807, 2.05) is 72.7 Å². The van der Waals surface area contributed by atoms with E-state index in [0.29, 0.717) is 18.0 Å². The molecular weight excluding hydrogens is 494 g/mol. The zero-order valence-electron chi connectivity index (χ0n) is 28.4. The summed E-state index contributed by atoms with van der Waals surface area (Å²) in [4.78, 5) is 11.8. The molecule has 40 heavy (non-hydrogen) atoms. The maximum Gasteiger partial charge on any atom is 0.149 e. The molecule has 232 valence electrons. The number of aliphatic hydroxyl groups excluding tert-OH is 1. The highest BCUT2D eigenvalue weighted by molar-refractivity contribution is 5.76. The maximum absolute atomic E-state index is 10.0. The Morgan fingerprint density at radius 2 is 1.52 bits per heavy atom. The lowest BCUT2D eigenvalue weighted by molar-refractivity contribution is -0.104. The number of benzene rings is 1. The number of hydrogen-bond acceptors (Lipinski definition) is 4. The minimum absolute atomic E-state index is 0.446. The van der Waals surface area contributed by atoms with Gasteiger partial charge in [-0.2, -0.15) is 0 Å². The van der Waals surface area contributed by atoms with E-state index in [4.69, 9.17) is 4.74 Å². The molecule has 1 aromatic rings. The Morgan fingerprint density at radius 1 is 1.07 bits per heavy atom. The summed E-state index contributed by atoms with van der Waals surface area (Å²) in [5.41, 5.74) is 5.34. The topological polar surface area (TPSA) is 49.8 Å². The summed E-state index contributed by atoms with van der Waals surface area (Å²) in [6, 6.07) is 6.07. The van der Waals surface area contributed by atoms with Crippen molar-refractivity contribution in [1.29, 1.82) is 0 Å². The molecule has 1 aromatic carbocycles. The number of aldehydes is 1. The van der Waals surface area contributed by atoms with Crippen LogP contribution in [0, 0.1) is 5.92 Å². The van der Waals surface area contributed by atoms with Gasteiger partial charge in [-0.3, -0.25) is 4.79 Å². The summed E-state index contributed by atoms with van der Waals surface area (Å²) in [6.07, 6.45) is 6.84. The largest absolute Gasteiger partial charge is 0.493 e. The monoisotopic (exact) mass is 559 g/mol. The highest BCUT2D eigenvalue weighted by Gasteiger charge is 2.18. The molecule has 0 amide bonds. The number of rotatable bonds is 7. The predicted molar refractivity (Wildman–Crippen MR) is 182 cm³/mol. The minimum Gasteiger partial charge on any atom is -0.493 e. The first kappa shape index (κ1) is 47.1. The lowest BCUT2D eigenvalue weighted by Crippen LogP contribution is -2.21. The fourth-order valence-electron chi connectivity index (χ4n) is 2.43. The molecule has 1 aliphatic rings. The van der Waals surface area contributed by atoms with Crippen LogP contribution in [0.1, 0.15) is 99.3 Å². The molecule has 1 heterocycles. The van der Waals surface area contributed by atoms with Crippen LogP contribution in [-0.2, 0) is 11.2 Å². The Morgan fingerprint density at radius 3 is 1.82 bits per heavy atom. The van der Waals surface area contributed by atoms with Crippen LogP contribution in [0.25, 0.3) is 0 Å². The first-order valence-corrected chi connectivity index (χ1v) is 14.6. The van der Waals surface area contributed by atoms with Gasteiger partial charge in [-0.25, -0.2) is 0 Å². The van der Waals surface area contributed by atoms with E-state index in [-0.39, 0.29) is 0 Å². The SMILES string of the molecule is C=C.C=C(C)CC.C=C(C)CC.C=C/C(C=O)=C\C.CC.CC.CC1COc2cc(C(O)CN(C)C)ccc2C1. The third kappa shape index (κ3) is 29.9. The number of ether oxygens (including phenoxy) is 1. The molecule has 0 saturated heterocycles. The molecule has 1 N–H and O–H groups in total. The first-order chi connectivity index (χ1) is 18.9. The van der Waals surface area contributed by atoms with Crippen molar-refractivity contribution in [2.45, 2.75) is 94.6 Å². The standard InChI is InChI=1S/C14H21NO2.C6H8O.2C5H10.2C2H6.C2H4/c1-10-6-12-5-4-11(7-14(12)17-9-10)13(16)8-15(2)3;1-3-6(4-2)5-7;2*1-4-5(2)3;3*1-2/h4-5,7,10,13,16H,6,8-9H2,1-3H3;3-5H,1H2,2H3;2*2,4H2,1,3H3;2*1-2H3;1-2H2/b;6-4+;;;;;. The molecule has 0 aliphatic carbocycles. The second-order valence-electron chi connectivity index (χ2n) is 9.00. The summed E-state index contributed by atoms with van der Waals surface area (Å²) in [6.45, 7) is 38.4. The number of fused-ring (bicyclic) bond motifs is 1. The van der Waals surface area contributed by atoms with Crippen molar-refractivity contribution in [3.8, 4) is 5.75 Å². The van der Waals surface area contributed by atoms with Gasteiger partial charge in [-0.15, -0.1) is 26.3 Å². The second-order valence-corrected chi connectivity index (χ2v) is 9.00. The van der Waals surface area contributed by atoms with Gasteiger partial charge >= 0.3 is 0 Å². The Kier molecular flexibility index (Phi) is 40.4. The average Bonchev–Trinajstić information content (AvgIpc) is 2.97. The number of carbonyl (C=O) groups excluding carboxylic acids is 1. The van der Waals surface area contributed by atoms with Gasteiger partial charge in [-0.05, 0) is 77.2 Å². The molecular formula is C36H65NO3. The molecule has 0 fully saturated rings. The van der Waals surface area contributed by atoms with E-state index >= 15 is 0 Å². The third-order valence-corrected chi connectivity index (χ3v) is 5.02. The van der Waals surface area contributed by atoms with E-state index < -0.39 is 6.10 Å². The summed E-state index contributed by atoms with van der Waals surface area (Å²) < 4.78 is 5.71. The first-order valence-electron chi connectivity index (χ1n) is 14.6. The molecule has 0 bridgehead atoms. The molecule has 0 aromatic heterocycles. The predicted octanol–water partition coefficient (Wildman–Crippen LogP) is 9.97. The maximum atomic E-state index is 10.0. The molecule has 2 rings (SSSR count). The van der Waals surface area contributed by atoms with Crippen molar-refractivity contribution in [3.05, 3.63) is 91.1 Å². The summed E-state index contributed by atoms with van der Waals surface area (Å²) in [5, 5.41) is 10.0. The second kappa shape index (κ2) is 34.3.